The molecular formula is C16H21O4-. The summed E-state index contributed by atoms with van der Waals surface area (Å²) in [4.78, 5) is 35.9. The van der Waals surface area contributed by atoms with E-state index in [2.05, 4.69) is 6.58 Å². The fourth-order valence-electron chi connectivity index (χ4n) is 2.99. The molecule has 0 aromatic rings. The maximum atomic E-state index is 12.5. The zero-order chi connectivity index (χ0) is 15.7. The van der Waals surface area contributed by atoms with Crippen molar-refractivity contribution in [2.75, 3.05) is 0 Å². The van der Waals surface area contributed by atoms with Crippen molar-refractivity contribution in [3.8, 4) is 0 Å². The number of hydrogen-bond acceptors (Lipinski definition) is 4. The van der Waals surface area contributed by atoms with Crippen LogP contribution < -0.4 is 5.11 Å². The van der Waals surface area contributed by atoms with Crippen molar-refractivity contribution in [3.63, 3.8) is 0 Å². The lowest BCUT2D eigenvalue weighted by Crippen LogP contribution is -2.53. The molecule has 0 spiro atoms. The number of allylic oxidation sites excluding steroid dienone is 3. The second kappa shape index (κ2) is 5.35. The Morgan fingerprint density at radius 1 is 1.50 bits per heavy atom. The van der Waals surface area contributed by atoms with Crippen molar-refractivity contribution in [2.24, 2.45) is 16.7 Å². The first-order valence-electron chi connectivity index (χ1n) is 6.65. The highest BCUT2D eigenvalue weighted by Gasteiger charge is 2.55. The van der Waals surface area contributed by atoms with E-state index in [1.165, 1.54) is 6.08 Å². The summed E-state index contributed by atoms with van der Waals surface area (Å²) >= 11 is 0. The van der Waals surface area contributed by atoms with Gasteiger partial charge in [-0.05, 0) is 36.8 Å². The van der Waals surface area contributed by atoms with Crippen LogP contribution in [-0.2, 0) is 14.4 Å². The lowest BCUT2D eigenvalue weighted by atomic mass is 9.52. The normalized spacial score (nSPS) is 27.2. The van der Waals surface area contributed by atoms with Gasteiger partial charge in [0.2, 0.25) is 0 Å². The molecule has 0 amide bonds. The van der Waals surface area contributed by atoms with Gasteiger partial charge in [0.1, 0.15) is 0 Å². The molecule has 2 atom stereocenters. The summed E-state index contributed by atoms with van der Waals surface area (Å²) < 4.78 is 0. The van der Waals surface area contributed by atoms with Crippen molar-refractivity contribution in [1.82, 2.24) is 0 Å². The van der Waals surface area contributed by atoms with E-state index in [1.807, 2.05) is 0 Å². The monoisotopic (exact) mass is 277 g/mol. The molecule has 1 aliphatic rings. The number of carbonyl (C=O) groups is 3. The van der Waals surface area contributed by atoms with Crippen LogP contribution in [0.3, 0.4) is 0 Å². The van der Waals surface area contributed by atoms with Gasteiger partial charge in [0.05, 0.1) is 0 Å². The number of hydrogen-bond donors (Lipinski definition) is 0. The molecule has 0 saturated carbocycles. The van der Waals surface area contributed by atoms with E-state index in [-0.39, 0.29) is 18.0 Å². The van der Waals surface area contributed by atoms with Gasteiger partial charge in [-0.3, -0.25) is 9.59 Å². The minimum absolute atomic E-state index is 0.113. The molecule has 0 aromatic heterocycles. The summed E-state index contributed by atoms with van der Waals surface area (Å²) in [5.41, 5.74) is -1.54. The van der Waals surface area contributed by atoms with Gasteiger partial charge in [0.25, 0.3) is 0 Å². The van der Waals surface area contributed by atoms with E-state index in [1.54, 1.807) is 33.8 Å². The Balaban J connectivity index is 3.41. The number of ketones is 2. The summed E-state index contributed by atoms with van der Waals surface area (Å²) in [6.45, 7) is 10.3. The largest absolute Gasteiger partial charge is 0.550 e. The summed E-state index contributed by atoms with van der Waals surface area (Å²) in [6, 6.07) is 0. The molecule has 1 aliphatic carbocycles. The third-order valence-electron chi connectivity index (χ3n) is 4.66. The molecule has 0 fully saturated rings. The topological polar surface area (TPSA) is 74.3 Å². The highest BCUT2D eigenvalue weighted by molar-refractivity contribution is 6.12. The molecular weight excluding hydrogens is 256 g/mol. The van der Waals surface area contributed by atoms with Crippen molar-refractivity contribution in [2.45, 2.75) is 40.5 Å². The molecule has 110 valence electrons. The van der Waals surface area contributed by atoms with Crippen molar-refractivity contribution in [3.05, 3.63) is 24.3 Å². The van der Waals surface area contributed by atoms with Crippen LogP contribution in [0.1, 0.15) is 40.5 Å². The molecule has 0 heterocycles. The zero-order valence-corrected chi connectivity index (χ0v) is 12.5. The Hall–Kier alpha value is -1.71. The average Bonchev–Trinajstić information content (AvgIpc) is 2.30. The zero-order valence-electron chi connectivity index (χ0n) is 12.5. The predicted molar refractivity (Wildman–Crippen MR) is 73.6 cm³/mol. The number of carboxylic acids is 1. The molecule has 0 aromatic carbocycles. The second-order valence-corrected chi connectivity index (χ2v) is 6.27. The van der Waals surface area contributed by atoms with E-state index in [0.29, 0.717) is 12.0 Å². The Kier molecular flexibility index (Phi) is 4.37. The molecule has 0 radical (unpaired) electrons. The summed E-state index contributed by atoms with van der Waals surface area (Å²) in [7, 11) is 0. The van der Waals surface area contributed by atoms with Crippen LogP contribution in [-0.4, -0.2) is 17.5 Å². The third kappa shape index (κ3) is 2.47. The summed E-state index contributed by atoms with van der Waals surface area (Å²) in [6.07, 6.45) is 3.01. The van der Waals surface area contributed by atoms with Crippen LogP contribution in [0.5, 0.6) is 0 Å². The molecule has 0 aliphatic heterocycles. The number of rotatable bonds is 5. The van der Waals surface area contributed by atoms with Gasteiger partial charge in [-0.25, -0.2) is 0 Å². The highest BCUT2D eigenvalue weighted by atomic mass is 16.4. The molecule has 4 nitrogen and oxygen atoms in total. The van der Waals surface area contributed by atoms with Crippen LogP contribution in [0.2, 0.25) is 0 Å². The molecule has 20 heavy (non-hydrogen) atoms. The van der Waals surface area contributed by atoms with Gasteiger partial charge in [-0.1, -0.05) is 26.8 Å². The fourth-order valence-corrected chi connectivity index (χ4v) is 2.99. The van der Waals surface area contributed by atoms with E-state index < -0.39 is 22.7 Å². The SMILES string of the molecule is C=CCC1C(=O)C(C)=CC(=O)C1(C)C(C)(C)CC(=O)[O-]. The van der Waals surface area contributed by atoms with Crippen molar-refractivity contribution >= 4 is 17.5 Å². The van der Waals surface area contributed by atoms with Crippen molar-refractivity contribution < 1.29 is 19.5 Å². The summed E-state index contributed by atoms with van der Waals surface area (Å²) in [5.74, 6) is -2.11. The lowest BCUT2D eigenvalue weighted by molar-refractivity contribution is -0.309. The smallest absolute Gasteiger partial charge is 0.163 e. The van der Waals surface area contributed by atoms with Gasteiger partial charge < -0.3 is 9.90 Å². The van der Waals surface area contributed by atoms with Gasteiger partial charge in [-0.15, -0.1) is 6.58 Å². The van der Waals surface area contributed by atoms with Crippen LogP contribution in [0.4, 0.5) is 0 Å². The number of Topliss-reactive ketones (excluding diaryl/α,β-unsaturated/α-hetero) is 1. The van der Waals surface area contributed by atoms with E-state index in [9.17, 15) is 19.5 Å². The molecule has 0 N–H and O–H groups in total. The standard InChI is InChI=1S/C16H22O4/c1-6-7-11-14(20)10(2)8-12(17)16(11,5)15(3,4)9-13(18)19/h6,8,11H,1,7,9H2,2-5H3,(H,18,19)/p-1. The molecule has 2 unspecified atom stereocenters. The number of aliphatic carboxylic acids is 1. The van der Waals surface area contributed by atoms with Crippen LogP contribution in [0.25, 0.3) is 0 Å². The van der Waals surface area contributed by atoms with Crippen LogP contribution in [0, 0.1) is 16.7 Å². The predicted octanol–water partition coefficient (Wildman–Crippen LogP) is 1.45. The number of carboxylic acid groups (broad SMARTS) is 1. The molecule has 0 bridgehead atoms. The summed E-state index contributed by atoms with van der Waals surface area (Å²) in [5, 5.41) is 11.0. The first kappa shape index (κ1) is 16.3. The molecule has 4 heteroatoms. The molecule has 0 saturated heterocycles. The third-order valence-corrected chi connectivity index (χ3v) is 4.66. The molecule has 1 rings (SSSR count). The quantitative estimate of drug-likeness (QED) is 0.713. The Morgan fingerprint density at radius 3 is 2.50 bits per heavy atom. The lowest BCUT2D eigenvalue weighted by Gasteiger charge is -2.49. The van der Waals surface area contributed by atoms with Gasteiger partial charge in [0.15, 0.2) is 11.6 Å². The van der Waals surface area contributed by atoms with Crippen LogP contribution >= 0.6 is 0 Å². The minimum atomic E-state index is -1.22. The maximum Gasteiger partial charge on any atom is 0.163 e. The van der Waals surface area contributed by atoms with Gasteiger partial charge in [-0.2, -0.15) is 0 Å². The maximum absolute atomic E-state index is 12.5. The van der Waals surface area contributed by atoms with Crippen molar-refractivity contribution in [1.29, 1.82) is 0 Å². The average molecular weight is 277 g/mol. The van der Waals surface area contributed by atoms with E-state index in [0.717, 1.165) is 0 Å². The fraction of sp³-hybridized carbons (Fsp3) is 0.562. The van der Waals surface area contributed by atoms with E-state index in [4.69, 9.17) is 0 Å². The minimum Gasteiger partial charge on any atom is -0.550 e. The van der Waals surface area contributed by atoms with Gasteiger partial charge >= 0.3 is 0 Å². The first-order chi connectivity index (χ1) is 9.07. The first-order valence-corrected chi connectivity index (χ1v) is 6.65. The Bertz CT molecular complexity index is 499. The Morgan fingerprint density at radius 2 is 2.05 bits per heavy atom. The highest BCUT2D eigenvalue weighted by Crippen LogP contribution is 2.52. The Labute approximate surface area is 119 Å². The number of carbonyl (C=O) groups excluding carboxylic acids is 3. The van der Waals surface area contributed by atoms with Gasteiger partial charge in [0, 0.05) is 17.3 Å². The van der Waals surface area contributed by atoms with Crippen LogP contribution in [0.15, 0.2) is 24.3 Å². The van der Waals surface area contributed by atoms with E-state index >= 15 is 0 Å². The second-order valence-electron chi connectivity index (χ2n) is 6.27.